The lowest BCUT2D eigenvalue weighted by atomic mass is 9.88. The first-order chi connectivity index (χ1) is 21.4. The Morgan fingerprint density at radius 2 is 1.82 bits per heavy atom. The van der Waals surface area contributed by atoms with Gasteiger partial charge in [-0.2, -0.15) is 13.2 Å². The van der Waals surface area contributed by atoms with Crippen molar-refractivity contribution >= 4 is 21.4 Å². The number of nitrogens with one attached hydrogen (secondary N) is 1. The highest BCUT2D eigenvalue weighted by Crippen LogP contribution is 2.40. The molecule has 2 aliphatic rings. The van der Waals surface area contributed by atoms with Gasteiger partial charge in [0, 0.05) is 48.8 Å². The van der Waals surface area contributed by atoms with Crippen LogP contribution in [0.15, 0.2) is 71.6 Å². The predicted octanol–water partition coefficient (Wildman–Crippen LogP) is 4.46. The van der Waals surface area contributed by atoms with E-state index in [2.05, 4.69) is 10.2 Å². The van der Waals surface area contributed by atoms with Gasteiger partial charge in [-0.15, -0.1) is 0 Å². The lowest BCUT2D eigenvalue weighted by Crippen LogP contribution is -2.42. The number of aliphatic hydroxyl groups is 1. The van der Waals surface area contributed by atoms with Crippen molar-refractivity contribution < 1.29 is 36.2 Å². The van der Waals surface area contributed by atoms with Crippen LogP contribution in [0, 0.1) is 0 Å². The van der Waals surface area contributed by atoms with Gasteiger partial charge in [-0.05, 0) is 72.0 Å². The summed E-state index contributed by atoms with van der Waals surface area (Å²) in [5.41, 5.74) is 8.01. The van der Waals surface area contributed by atoms with Gasteiger partial charge in [-0.3, -0.25) is 4.79 Å². The first-order valence-corrected chi connectivity index (χ1v) is 16.7. The van der Waals surface area contributed by atoms with Crippen LogP contribution in [0.5, 0.6) is 0 Å². The summed E-state index contributed by atoms with van der Waals surface area (Å²) < 4.78 is 70.4. The van der Waals surface area contributed by atoms with Gasteiger partial charge >= 0.3 is 6.18 Å². The highest BCUT2D eigenvalue weighted by atomic mass is 32.2. The Kier molecular flexibility index (Phi) is 9.88. The molecule has 2 saturated heterocycles. The van der Waals surface area contributed by atoms with Crippen LogP contribution in [0.2, 0.25) is 0 Å². The number of nitrogens with two attached hydrogens (primary N) is 1. The minimum absolute atomic E-state index is 0.0134. The van der Waals surface area contributed by atoms with Crippen molar-refractivity contribution in [1.82, 2.24) is 5.32 Å². The first kappa shape index (κ1) is 32.9. The van der Waals surface area contributed by atoms with Gasteiger partial charge in [0.2, 0.25) is 5.91 Å². The van der Waals surface area contributed by atoms with Crippen molar-refractivity contribution in [3.63, 3.8) is 0 Å². The topological polar surface area (TPSA) is 122 Å². The molecule has 242 valence electrons. The molecular formula is C33H38F3N3O5S. The highest BCUT2D eigenvalue weighted by Gasteiger charge is 2.37. The molecule has 2 fully saturated rings. The van der Waals surface area contributed by atoms with Gasteiger partial charge in [-0.25, -0.2) is 8.42 Å². The average Bonchev–Trinajstić information content (AvgIpc) is 3.45. The van der Waals surface area contributed by atoms with E-state index in [0.29, 0.717) is 43.7 Å². The average molecular weight is 646 g/mol. The van der Waals surface area contributed by atoms with E-state index < -0.39 is 33.4 Å². The third-order valence-electron chi connectivity index (χ3n) is 8.88. The molecule has 3 aromatic rings. The lowest BCUT2D eigenvalue weighted by molar-refractivity contribution is -0.137. The number of benzene rings is 3. The van der Waals surface area contributed by atoms with Crippen LogP contribution in [0.4, 0.5) is 18.9 Å². The molecule has 0 saturated carbocycles. The Hall–Kier alpha value is -3.45. The Morgan fingerprint density at radius 1 is 1.11 bits per heavy atom. The second-order valence-electron chi connectivity index (χ2n) is 11.6. The quantitative estimate of drug-likeness (QED) is 0.298. The fourth-order valence-corrected chi connectivity index (χ4v) is 7.30. The van der Waals surface area contributed by atoms with Gasteiger partial charge in [0.1, 0.15) is 0 Å². The van der Waals surface area contributed by atoms with Gasteiger partial charge in [0.25, 0.3) is 0 Å². The molecule has 8 nitrogen and oxygen atoms in total. The van der Waals surface area contributed by atoms with E-state index in [1.807, 2.05) is 6.07 Å². The predicted molar refractivity (Wildman–Crippen MR) is 165 cm³/mol. The fraction of sp³-hybridized carbons (Fsp3) is 0.424. The third-order valence-corrected chi connectivity index (χ3v) is 10.6. The number of aliphatic hydroxyl groups excluding tert-OH is 1. The van der Waals surface area contributed by atoms with Crippen molar-refractivity contribution in [3.8, 4) is 0 Å². The summed E-state index contributed by atoms with van der Waals surface area (Å²) in [7, 11) is -3.42. The first-order valence-electron chi connectivity index (χ1n) is 15.0. The molecule has 0 radical (unpaired) electrons. The van der Waals surface area contributed by atoms with E-state index in [9.17, 15) is 31.5 Å². The van der Waals surface area contributed by atoms with Crippen LogP contribution in [0.3, 0.4) is 0 Å². The number of sulfone groups is 1. The van der Waals surface area contributed by atoms with Crippen molar-refractivity contribution in [2.45, 2.75) is 54.8 Å². The molecule has 12 heteroatoms. The minimum Gasteiger partial charge on any atom is -0.395 e. The summed E-state index contributed by atoms with van der Waals surface area (Å²) in [5.74, 6) is -1.42. The number of ether oxygens (including phenoxy) is 1. The second kappa shape index (κ2) is 13.5. The number of alkyl halides is 3. The summed E-state index contributed by atoms with van der Waals surface area (Å²) >= 11 is 0. The minimum atomic E-state index is -4.42. The van der Waals surface area contributed by atoms with Gasteiger partial charge in [-0.1, -0.05) is 31.2 Å². The smallest absolute Gasteiger partial charge is 0.395 e. The van der Waals surface area contributed by atoms with Crippen LogP contribution in [0.1, 0.15) is 64.2 Å². The molecule has 4 atom stereocenters. The van der Waals surface area contributed by atoms with Crippen LogP contribution < -0.4 is 16.0 Å². The van der Waals surface area contributed by atoms with Crippen molar-refractivity contribution in [2.75, 3.05) is 43.5 Å². The Labute approximate surface area is 261 Å². The molecule has 3 aromatic carbocycles. The Balaban J connectivity index is 1.50. The van der Waals surface area contributed by atoms with Crippen LogP contribution in [-0.2, 0) is 20.8 Å². The monoisotopic (exact) mass is 645 g/mol. The van der Waals surface area contributed by atoms with E-state index in [0.717, 1.165) is 29.9 Å². The largest absolute Gasteiger partial charge is 0.416 e. The maximum atomic E-state index is 13.2. The van der Waals surface area contributed by atoms with Gasteiger partial charge in [0.15, 0.2) is 9.84 Å². The van der Waals surface area contributed by atoms with E-state index in [4.69, 9.17) is 10.5 Å². The van der Waals surface area contributed by atoms with E-state index in [1.54, 1.807) is 43.3 Å². The van der Waals surface area contributed by atoms with Crippen LogP contribution >= 0.6 is 0 Å². The standard InChI is InChI=1S/C33H38F3N3O5S/c1-2-45(42,43)28-10-5-22(6-11-28)31(20-40)30-17-25(9-12-29(30)32(37)41)39-19-23(15-26(39)16-27-18-38-13-14-44-27)21-3-7-24(8-4-21)33(34,35)36/h3-12,17,23,26-27,31,38,40H,2,13-16,18-20H2,1H3,(H2,37,41)/t23?,26-,27?,31+/m0/s1. The lowest BCUT2D eigenvalue weighted by Gasteiger charge is -2.32. The summed E-state index contributed by atoms with van der Waals surface area (Å²) in [4.78, 5) is 14.9. The number of primary amides is 1. The van der Waals surface area contributed by atoms with Gasteiger partial charge < -0.3 is 25.8 Å². The maximum Gasteiger partial charge on any atom is 0.416 e. The Bertz CT molecular complexity index is 1590. The number of nitrogens with zero attached hydrogens (tertiary/aromatic N) is 1. The number of anilines is 1. The maximum absolute atomic E-state index is 13.2. The molecule has 0 bridgehead atoms. The molecule has 2 unspecified atom stereocenters. The van der Waals surface area contributed by atoms with E-state index in [-0.39, 0.29) is 40.9 Å². The number of morpholine rings is 1. The Morgan fingerprint density at radius 3 is 2.40 bits per heavy atom. The number of hydrogen-bond acceptors (Lipinski definition) is 7. The molecule has 0 spiro atoms. The summed E-state index contributed by atoms with van der Waals surface area (Å²) in [6.07, 6.45) is -3.08. The fourth-order valence-electron chi connectivity index (χ4n) is 6.42. The molecule has 2 heterocycles. The molecule has 0 aromatic heterocycles. The number of carbonyl (C=O) groups is 1. The number of hydrogen-bond donors (Lipinski definition) is 3. The van der Waals surface area contributed by atoms with Crippen molar-refractivity contribution in [1.29, 1.82) is 0 Å². The van der Waals surface area contributed by atoms with E-state index in [1.165, 1.54) is 12.1 Å². The zero-order valence-electron chi connectivity index (χ0n) is 25.0. The molecule has 0 aliphatic carbocycles. The zero-order chi connectivity index (χ0) is 32.4. The second-order valence-corrected chi connectivity index (χ2v) is 13.9. The number of amides is 1. The van der Waals surface area contributed by atoms with E-state index >= 15 is 0 Å². The number of rotatable bonds is 10. The van der Waals surface area contributed by atoms with Crippen LogP contribution in [-0.4, -0.2) is 70.2 Å². The third kappa shape index (κ3) is 7.35. The zero-order valence-corrected chi connectivity index (χ0v) is 25.8. The van der Waals surface area contributed by atoms with Crippen LogP contribution in [0.25, 0.3) is 0 Å². The SMILES string of the molecule is CCS(=O)(=O)c1ccc([C@@H](CO)c2cc(N3CC(c4ccc(C(F)(F)F)cc4)C[C@H]3CC3CNCCO3)ccc2C(N)=O)cc1. The number of halogens is 3. The molecule has 1 amide bonds. The molecular weight excluding hydrogens is 607 g/mol. The van der Waals surface area contributed by atoms with Crippen molar-refractivity contribution in [3.05, 3.63) is 94.5 Å². The summed E-state index contributed by atoms with van der Waals surface area (Å²) in [5, 5.41) is 13.9. The molecule has 5 rings (SSSR count). The van der Waals surface area contributed by atoms with Gasteiger partial charge in [0.05, 0.1) is 35.5 Å². The summed E-state index contributed by atoms with van der Waals surface area (Å²) in [6, 6.07) is 16.8. The molecule has 4 N–H and O–H groups in total. The molecule has 45 heavy (non-hydrogen) atoms. The van der Waals surface area contributed by atoms with Crippen molar-refractivity contribution in [2.24, 2.45) is 5.73 Å². The number of carbonyl (C=O) groups excluding carboxylic acids is 1. The normalized spacial score (nSPS) is 21.5. The highest BCUT2D eigenvalue weighted by molar-refractivity contribution is 7.91. The summed E-state index contributed by atoms with van der Waals surface area (Å²) in [6.45, 7) is 3.78. The molecule has 2 aliphatic heterocycles.